The smallest absolute Gasteiger partial charge is 0.448 e. The van der Waals surface area contributed by atoms with Gasteiger partial charge in [0.25, 0.3) is 0 Å². The quantitative estimate of drug-likeness (QED) is 0.534. The van der Waals surface area contributed by atoms with Crippen LogP contribution in [0.5, 0.6) is 5.75 Å². The van der Waals surface area contributed by atoms with Crippen molar-refractivity contribution in [2.75, 3.05) is 0 Å². The van der Waals surface area contributed by atoms with E-state index in [9.17, 15) is 19.9 Å². The fraction of sp³-hybridized carbons (Fsp3) is 0.214. The minimum absolute atomic E-state index is 0.0232. The van der Waals surface area contributed by atoms with Crippen LogP contribution in [0, 0.1) is 0 Å². The molecule has 118 valence electrons. The molecule has 0 fully saturated rings. The molecule has 7 nitrogen and oxygen atoms in total. The molecule has 0 saturated carbocycles. The lowest BCUT2D eigenvalue weighted by Gasteiger charge is -2.19. The van der Waals surface area contributed by atoms with Gasteiger partial charge in [0.1, 0.15) is 11.5 Å². The van der Waals surface area contributed by atoms with Crippen LogP contribution < -0.4 is 0 Å². The van der Waals surface area contributed by atoms with Gasteiger partial charge in [0.05, 0.1) is 11.8 Å². The van der Waals surface area contributed by atoms with Crippen LogP contribution in [0.2, 0.25) is 0 Å². The Morgan fingerprint density at radius 1 is 1.18 bits per heavy atom. The van der Waals surface area contributed by atoms with Crippen molar-refractivity contribution in [3.63, 3.8) is 0 Å². The monoisotopic (exact) mass is 325 g/mol. The maximum atomic E-state index is 11.0. The molecule has 0 aliphatic heterocycles. The average molecular weight is 325 g/mol. The highest BCUT2D eigenvalue weighted by Crippen LogP contribution is 2.38. The summed E-state index contributed by atoms with van der Waals surface area (Å²) in [5.74, 6) is 0.00358. The highest BCUT2D eigenvalue weighted by atomic mass is 31.2. The summed E-state index contributed by atoms with van der Waals surface area (Å²) in [6.45, 7) is 0. The summed E-state index contributed by atoms with van der Waals surface area (Å²) in [4.78, 5) is 17.9. The zero-order valence-corrected chi connectivity index (χ0v) is 12.4. The predicted molar refractivity (Wildman–Crippen MR) is 80.7 cm³/mol. The van der Waals surface area contributed by atoms with Gasteiger partial charge in [-0.15, -0.1) is 0 Å². The van der Waals surface area contributed by atoms with Gasteiger partial charge < -0.3 is 25.1 Å². The Balaban J connectivity index is 2.25. The number of aliphatic hydroxyl groups is 2. The lowest BCUT2D eigenvalue weighted by molar-refractivity contribution is 0.216. The van der Waals surface area contributed by atoms with Crippen LogP contribution in [0.15, 0.2) is 52.5 Å². The molecule has 1 aliphatic rings. The summed E-state index contributed by atoms with van der Waals surface area (Å²) in [5.41, 5.74) is 0.921. The van der Waals surface area contributed by atoms with Crippen molar-refractivity contribution in [2.45, 2.75) is 18.9 Å². The normalized spacial score (nSPS) is 18.8. The zero-order chi connectivity index (χ0) is 16.3. The van der Waals surface area contributed by atoms with Crippen LogP contribution in [-0.2, 0) is 11.0 Å². The molecule has 22 heavy (non-hydrogen) atoms. The first-order valence-corrected chi connectivity index (χ1v) is 8.03. The van der Waals surface area contributed by atoms with E-state index in [1.54, 1.807) is 12.1 Å². The third kappa shape index (κ3) is 4.54. The van der Waals surface area contributed by atoms with Crippen molar-refractivity contribution < 1.29 is 29.7 Å². The number of aliphatic hydroxyl groups excluding tert-OH is 2. The number of benzene rings is 1. The highest BCUT2D eigenvalue weighted by molar-refractivity contribution is 7.50. The van der Waals surface area contributed by atoms with Crippen molar-refractivity contribution in [2.24, 2.45) is 4.76 Å². The maximum Gasteiger partial charge on any atom is 0.448 e. The Morgan fingerprint density at radius 3 is 2.41 bits per heavy atom. The Bertz CT molecular complexity index is 686. The molecule has 0 saturated heterocycles. The number of phenols is 1. The summed E-state index contributed by atoms with van der Waals surface area (Å²) in [7, 11) is -4.63. The van der Waals surface area contributed by atoms with Crippen molar-refractivity contribution in [3.8, 4) is 5.75 Å². The van der Waals surface area contributed by atoms with Gasteiger partial charge in [-0.1, -0.05) is 12.1 Å². The molecule has 0 heterocycles. The maximum absolute atomic E-state index is 11.0. The number of phenolic OH excluding ortho intramolecular Hbond substituents is 1. The summed E-state index contributed by atoms with van der Waals surface area (Å²) < 4.78 is 14.4. The SMILES string of the molecule is O=P(O)(O)N=C1CC=C(O)C=C1C(O)Cc1ccc(O)cc1. The van der Waals surface area contributed by atoms with E-state index in [-0.39, 0.29) is 35.6 Å². The van der Waals surface area contributed by atoms with Gasteiger partial charge in [-0.05, 0) is 29.8 Å². The molecule has 5 N–H and O–H groups in total. The first kappa shape index (κ1) is 16.5. The van der Waals surface area contributed by atoms with Gasteiger partial charge in [0, 0.05) is 18.4 Å². The second-order valence-electron chi connectivity index (χ2n) is 4.88. The molecule has 8 heteroatoms. The van der Waals surface area contributed by atoms with Crippen LogP contribution in [0.25, 0.3) is 0 Å². The molecule has 0 aromatic heterocycles. The van der Waals surface area contributed by atoms with E-state index in [0.29, 0.717) is 0 Å². The summed E-state index contributed by atoms with van der Waals surface area (Å²) in [6, 6.07) is 6.19. The fourth-order valence-electron chi connectivity index (χ4n) is 2.13. The molecule has 1 aromatic carbocycles. The average Bonchev–Trinajstić information content (AvgIpc) is 2.42. The highest BCUT2D eigenvalue weighted by Gasteiger charge is 2.23. The first-order valence-electron chi connectivity index (χ1n) is 6.46. The zero-order valence-electron chi connectivity index (χ0n) is 11.5. The topological polar surface area (TPSA) is 131 Å². The number of nitrogens with zero attached hydrogens (tertiary/aromatic N) is 1. The number of allylic oxidation sites excluding steroid dienone is 2. The van der Waals surface area contributed by atoms with Crippen molar-refractivity contribution in [1.82, 2.24) is 0 Å². The van der Waals surface area contributed by atoms with E-state index in [2.05, 4.69) is 4.76 Å². The minimum Gasteiger partial charge on any atom is -0.508 e. The largest absolute Gasteiger partial charge is 0.508 e. The van der Waals surface area contributed by atoms with Crippen LogP contribution in [0.4, 0.5) is 0 Å². The van der Waals surface area contributed by atoms with Crippen LogP contribution in [-0.4, -0.2) is 36.9 Å². The van der Waals surface area contributed by atoms with Crippen LogP contribution in [0.1, 0.15) is 12.0 Å². The van der Waals surface area contributed by atoms with Gasteiger partial charge in [-0.25, -0.2) is 4.57 Å². The van der Waals surface area contributed by atoms with Crippen molar-refractivity contribution >= 4 is 13.5 Å². The molecular weight excluding hydrogens is 309 g/mol. The lowest BCUT2D eigenvalue weighted by atomic mass is 9.93. The van der Waals surface area contributed by atoms with E-state index in [0.717, 1.165) is 5.56 Å². The van der Waals surface area contributed by atoms with E-state index >= 15 is 0 Å². The van der Waals surface area contributed by atoms with Gasteiger partial charge in [-0.2, -0.15) is 4.76 Å². The van der Waals surface area contributed by atoms with E-state index < -0.39 is 13.9 Å². The molecule has 1 unspecified atom stereocenters. The molecule has 0 spiro atoms. The summed E-state index contributed by atoms with van der Waals surface area (Å²) in [5, 5.41) is 29.0. The third-order valence-corrected chi connectivity index (χ3v) is 3.62. The third-order valence-electron chi connectivity index (χ3n) is 3.12. The summed E-state index contributed by atoms with van der Waals surface area (Å²) in [6.07, 6.45) is 1.68. The van der Waals surface area contributed by atoms with Crippen molar-refractivity contribution in [1.29, 1.82) is 0 Å². The first-order chi connectivity index (χ1) is 10.2. The Morgan fingerprint density at radius 2 is 1.82 bits per heavy atom. The summed E-state index contributed by atoms with van der Waals surface area (Å²) >= 11 is 0. The van der Waals surface area contributed by atoms with Crippen LogP contribution >= 0.6 is 7.75 Å². The predicted octanol–water partition coefficient (Wildman–Crippen LogP) is 1.60. The second kappa shape index (κ2) is 6.46. The molecule has 0 radical (unpaired) electrons. The standard InChI is InChI=1S/C14H16NO6P/c16-10-3-1-9(2-4-10)7-14(18)12-8-11(17)5-6-13(12)15-22(19,20)21/h1-5,8,14,16-18H,6-7H2,(H2,19,20,21). The van der Waals surface area contributed by atoms with E-state index in [1.807, 2.05) is 0 Å². The second-order valence-corrected chi connectivity index (χ2v) is 6.11. The Kier molecular flexibility index (Phi) is 4.83. The van der Waals surface area contributed by atoms with Gasteiger partial charge in [0.15, 0.2) is 0 Å². The Labute approximate surface area is 126 Å². The van der Waals surface area contributed by atoms with Crippen LogP contribution in [0.3, 0.4) is 0 Å². The number of hydrogen-bond donors (Lipinski definition) is 5. The van der Waals surface area contributed by atoms with E-state index in [1.165, 1.54) is 24.3 Å². The molecule has 2 rings (SSSR count). The fourth-order valence-corrected chi connectivity index (χ4v) is 2.64. The number of aromatic hydroxyl groups is 1. The molecule has 1 atom stereocenters. The number of hydrogen-bond acceptors (Lipinski definition) is 4. The Hall–Kier alpha value is -1.92. The van der Waals surface area contributed by atoms with Gasteiger partial charge in [0.2, 0.25) is 0 Å². The molecular formula is C14H16NO6P. The molecule has 1 aliphatic carbocycles. The minimum atomic E-state index is -4.63. The van der Waals surface area contributed by atoms with Gasteiger partial charge in [-0.3, -0.25) is 0 Å². The van der Waals surface area contributed by atoms with E-state index in [4.69, 9.17) is 9.79 Å². The lowest BCUT2D eigenvalue weighted by Crippen LogP contribution is -2.22. The number of rotatable bonds is 4. The molecule has 0 bridgehead atoms. The van der Waals surface area contributed by atoms with Gasteiger partial charge >= 0.3 is 7.75 Å². The molecule has 1 aromatic rings. The molecule has 0 amide bonds. The van der Waals surface area contributed by atoms with Crippen molar-refractivity contribution in [3.05, 3.63) is 53.3 Å².